The highest BCUT2D eigenvalue weighted by Gasteiger charge is 2.38. The molecule has 0 bridgehead atoms. The molecule has 0 radical (unpaired) electrons. The molecule has 0 aromatic heterocycles. The molecule has 0 saturated heterocycles. The van der Waals surface area contributed by atoms with E-state index in [0.717, 1.165) is 37.7 Å². The molecule has 0 heterocycles. The number of nitrogens with zero attached hydrogens (tertiary/aromatic N) is 1. The second kappa shape index (κ2) is 11.9. The summed E-state index contributed by atoms with van der Waals surface area (Å²) < 4.78 is 0. The molecule has 1 fully saturated rings. The van der Waals surface area contributed by atoms with E-state index in [1.807, 2.05) is 12.1 Å². The summed E-state index contributed by atoms with van der Waals surface area (Å²) in [5.41, 5.74) is 3.66. The van der Waals surface area contributed by atoms with Gasteiger partial charge in [-0.15, -0.1) is 24.0 Å². The maximum Gasteiger partial charge on any atom is 0.221 e. The highest BCUT2D eigenvalue weighted by atomic mass is 127. The fourth-order valence-electron chi connectivity index (χ4n) is 3.79. The zero-order valence-corrected chi connectivity index (χ0v) is 20.2. The van der Waals surface area contributed by atoms with Gasteiger partial charge in [0.25, 0.3) is 0 Å². The molecule has 5 nitrogen and oxygen atoms in total. The summed E-state index contributed by atoms with van der Waals surface area (Å²) in [5.74, 6) is 0.829. The second-order valence-electron chi connectivity index (χ2n) is 7.75. The van der Waals surface area contributed by atoms with Crippen LogP contribution in [0.4, 0.5) is 5.69 Å². The number of rotatable bonds is 8. The van der Waals surface area contributed by atoms with Gasteiger partial charge in [-0.2, -0.15) is 0 Å². The van der Waals surface area contributed by atoms with E-state index in [9.17, 15) is 4.79 Å². The Kier molecular flexibility index (Phi) is 9.62. The van der Waals surface area contributed by atoms with E-state index in [1.165, 1.54) is 37.3 Å². The van der Waals surface area contributed by atoms with Gasteiger partial charge < -0.3 is 16.0 Å². The maximum absolute atomic E-state index is 11.1. The fraction of sp³-hybridized carbons (Fsp3) is 0.417. The van der Waals surface area contributed by atoms with Gasteiger partial charge in [-0.1, -0.05) is 48.9 Å². The van der Waals surface area contributed by atoms with Gasteiger partial charge >= 0.3 is 0 Å². The monoisotopic (exact) mass is 520 g/mol. The third kappa shape index (κ3) is 6.72. The van der Waals surface area contributed by atoms with E-state index in [4.69, 9.17) is 4.99 Å². The first-order valence-corrected chi connectivity index (χ1v) is 10.6. The minimum absolute atomic E-state index is 0. The first-order chi connectivity index (χ1) is 14.1. The first-order valence-electron chi connectivity index (χ1n) is 10.6. The predicted molar refractivity (Wildman–Crippen MR) is 136 cm³/mol. The Morgan fingerprint density at radius 3 is 2.30 bits per heavy atom. The Hall–Kier alpha value is -2.09. The van der Waals surface area contributed by atoms with Crippen molar-refractivity contribution in [2.75, 3.05) is 25.0 Å². The van der Waals surface area contributed by atoms with Crippen LogP contribution in [0.5, 0.6) is 0 Å². The SMILES string of the molecule is CCNC(=NCC1(c2ccccc2)CCC1)NCCc1ccc(NC(C)=O)cc1.I. The number of nitrogens with one attached hydrogen (secondary N) is 3. The smallest absolute Gasteiger partial charge is 0.221 e. The molecule has 0 atom stereocenters. The molecule has 0 aliphatic heterocycles. The van der Waals surface area contributed by atoms with Crippen LogP contribution in [0.15, 0.2) is 59.6 Å². The van der Waals surface area contributed by atoms with Crippen molar-refractivity contribution < 1.29 is 4.79 Å². The Balaban J connectivity index is 0.00000320. The molecular formula is C24H33IN4O. The average Bonchev–Trinajstić information content (AvgIpc) is 2.69. The molecule has 1 saturated carbocycles. The van der Waals surface area contributed by atoms with E-state index in [1.54, 1.807) is 0 Å². The lowest BCUT2D eigenvalue weighted by atomic mass is 9.64. The lowest BCUT2D eigenvalue weighted by Gasteiger charge is -2.41. The van der Waals surface area contributed by atoms with Crippen molar-refractivity contribution in [1.82, 2.24) is 10.6 Å². The van der Waals surface area contributed by atoms with Gasteiger partial charge in [0.05, 0.1) is 6.54 Å². The Morgan fingerprint density at radius 2 is 1.73 bits per heavy atom. The molecule has 2 aromatic rings. The number of benzene rings is 2. The third-order valence-electron chi connectivity index (χ3n) is 5.56. The first kappa shape index (κ1) is 24.2. The summed E-state index contributed by atoms with van der Waals surface area (Å²) in [6.45, 7) is 6.08. The van der Waals surface area contributed by atoms with Crippen LogP contribution in [0.2, 0.25) is 0 Å². The van der Waals surface area contributed by atoms with E-state index in [0.29, 0.717) is 0 Å². The molecule has 162 valence electrons. The van der Waals surface area contributed by atoms with Gasteiger partial charge in [0.15, 0.2) is 5.96 Å². The van der Waals surface area contributed by atoms with Crippen molar-refractivity contribution in [3.8, 4) is 0 Å². The quantitative estimate of drug-likeness (QED) is 0.273. The molecule has 3 N–H and O–H groups in total. The van der Waals surface area contributed by atoms with Gasteiger partial charge in [0, 0.05) is 31.1 Å². The van der Waals surface area contributed by atoms with Crippen molar-refractivity contribution in [2.24, 2.45) is 4.99 Å². The van der Waals surface area contributed by atoms with Crippen LogP contribution in [0.25, 0.3) is 0 Å². The van der Waals surface area contributed by atoms with Crippen LogP contribution in [-0.2, 0) is 16.6 Å². The summed E-state index contributed by atoms with van der Waals surface area (Å²) in [5, 5.41) is 9.62. The van der Waals surface area contributed by atoms with E-state index in [2.05, 4.69) is 65.3 Å². The highest BCUT2D eigenvalue weighted by molar-refractivity contribution is 14.0. The Bertz CT molecular complexity index is 817. The van der Waals surface area contributed by atoms with Crippen molar-refractivity contribution >= 4 is 41.5 Å². The van der Waals surface area contributed by atoms with Crippen LogP contribution in [-0.4, -0.2) is 31.5 Å². The number of amides is 1. The molecule has 0 spiro atoms. The van der Waals surface area contributed by atoms with Crippen LogP contribution < -0.4 is 16.0 Å². The number of carbonyl (C=O) groups excluding carboxylic acids is 1. The van der Waals surface area contributed by atoms with Crippen molar-refractivity contribution in [1.29, 1.82) is 0 Å². The fourth-order valence-corrected chi connectivity index (χ4v) is 3.79. The van der Waals surface area contributed by atoms with E-state index in [-0.39, 0.29) is 35.3 Å². The molecule has 2 aromatic carbocycles. The number of aliphatic imine (C=N–C) groups is 1. The van der Waals surface area contributed by atoms with Crippen LogP contribution in [0.3, 0.4) is 0 Å². The Morgan fingerprint density at radius 1 is 1.03 bits per heavy atom. The van der Waals surface area contributed by atoms with Gasteiger partial charge in [-0.25, -0.2) is 0 Å². The van der Waals surface area contributed by atoms with Crippen molar-refractivity contribution in [2.45, 2.75) is 44.9 Å². The third-order valence-corrected chi connectivity index (χ3v) is 5.56. The standard InChI is InChI=1S/C24H32N4O.HI/c1-3-25-23(26-17-14-20-10-12-22(13-11-20)28-19(2)29)27-18-24(15-7-16-24)21-8-5-4-6-9-21;/h4-6,8-13H,3,7,14-18H2,1-2H3,(H,28,29)(H2,25,26,27);1H. The summed E-state index contributed by atoms with van der Waals surface area (Å²) in [4.78, 5) is 16.0. The summed E-state index contributed by atoms with van der Waals surface area (Å²) in [6.07, 6.45) is 4.60. The van der Waals surface area contributed by atoms with E-state index < -0.39 is 0 Å². The zero-order chi connectivity index (χ0) is 20.5. The highest BCUT2D eigenvalue weighted by Crippen LogP contribution is 2.43. The largest absolute Gasteiger partial charge is 0.357 e. The molecular weight excluding hydrogens is 487 g/mol. The minimum Gasteiger partial charge on any atom is -0.357 e. The lowest BCUT2D eigenvalue weighted by molar-refractivity contribution is -0.114. The molecule has 3 rings (SSSR count). The number of anilines is 1. The molecule has 0 unspecified atom stereocenters. The van der Waals surface area contributed by atoms with Crippen LogP contribution in [0, 0.1) is 0 Å². The van der Waals surface area contributed by atoms with E-state index >= 15 is 0 Å². The molecule has 6 heteroatoms. The minimum atomic E-state index is -0.0503. The summed E-state index contributed by atoms with van der Waals surface area (Å²) in [7, 11) is 0. The number of hydrogen-bond donors (Lipinski definition) is 3. The van der Waals surface area contributed by atoms with Crippen molar-refractivity contribution in [3.05, 3.63) is 65.7 Å². The average molecular weight is 520 g/mol. The van der Waals surface area contributed by atoms with Crippen molar-refractivity contribution in [3.63, 3.8) is 0 Å². The van der Waals surface area contributed by atoms with Gasteiger partial charge in [-0.3, -0.25) is 9.79 Å². The van der Waals surface area contributed by atoms with Gasteiger partial charge in [-0.05, 0) is 49.4 Å². The summed E-state index contributed by atoms with van der Waals surface area (Å²) in [6, 6.07) is 18.8. The predicted octanol–water partition coefficient (Wildman–Crippen LogP) is 4.48. The molecule has 1 aliphatic carbocycles. The number of guanidine groups is 1. The van der Waals surface area contributed by atoms with Crippen LogP contribution >= 0.6 is 24.0 Å². The number of carbonyl (C=O) groups is 1. The van der Waals surface area contributed by atoms with Gasteiger partial charge in [0.1, 0.15) is 0 Å². The number of halogens is 1. The normalized spacial score (nSPS) is 14.8. The second-order valence-corrected chi connectivity index (χ2v) is 7.75. The Labute approximate surface area is 197 Å². The van der Waals surface area contributed by atoms with Crippen LogP contribution in [0.1, 0.15) is 44.2 Å². The molecule has 1 amide bonds. The lowest BCUT2D eigenvalue weighted by Crippen LogP contribution is -2.42. The zero-order valence-electron chi connectivity index (χ0n) is 17.9. The molecule has 30 heavy (non-hydrogen) atoms. The topological polar surface area (TPSA) is 65.5 Å². The summed E-state index contributed by atoms with van der Waals surface area (Å²) >= 11 is 0. The number of hydrogen-bond acceptors (Lipinski definition) is 2. The molecule has 1 aliphatic rings. The van der Waals surface area contributed by atoms with Gasteiger partial charge in [0.2, 0.25) is 5.91 Å². The maximum atomic E-state index is 11.1.